The van der Waals surface area contributed by atoms with Gasteiger partial charge < -0.3 is 14.2 Å². The van der Waals surface area contributed by atoms with Gasteiger partial charge in [-0.1, -0.05) is 0 Å². The summed E-state index contributed by atoms with van der Waals surface area (Å²) in [6.07, 6.45) is 0.298. The van der Waals surface area contributed by atoms with Gasteiger partial charge in [0, 0.05) is 0 Å². The van der Waals surface area contributed by atoms with Crippen molar-refractivity contribution in [3.8, 4) is 0 Å². The Balaban J connectivity index is 2.14. The van der Waals surface area contributed by atoms with Gasteiger partial charge in [-0.2, -0.15) is 0 Å². The molecule has 0 aliphatic carbocycles. The first-order valence-corrected chi connectivity index (χ1v) is 5.12. The summed E-state index contributed by atoms with van der Waals surface area (Å²) in [6, 6.07) is 0. The molecule has 0 aromatic rings. The molecule has 6 nitrogen and oxygen atoms in total. The quantitative estimate of drug-likeness (QED) is 0.439. The van der Waals surface area contributed by atoms with Crippen molar-refractivity contribution in [2.45, 2.75) is 25.0 Å². The van der Waals surface area contributed by atoms with Crippen LogP contribution in [0, 0.1) is 11.3 Å². The number of methoxy groups -OCH3 is 1. The Morgan fingerprint density at radius 1 is 1.44 bits per heavy atom. The average Bonchev–Trinajstić information content (AvgIpc) is 2.90. The van der Waals surface area contributed by atoms with Crippen molar-refractivity contribution in [1.82, 2.24) is 0 Å². The van der Waals surface area contributed by atoms with E-state index in [4.69, 9.17) is 4.74 Å². The van der Waals surface area contributed by atoms with Gasteiger partial charge in [0.25, 0.3) is 0 Å². The third-order valence-corrected chi connectivity index (χ3v) is 3.73. The van der Waals surface area contributed by atoms with Crippen LogP contribution in [0.25, 0.3) is 0 Å². The van der Waals surface area contributed by atoms with E-state index >= 15 is 0 Å². The number of fused-ring (bicyclic) bond motifs is 5. The van der Waals surface area contributed by atoms with E-state index in [2.05, 4.69) is 9.47 Å². The van der Waals surface area contributed by atoms with E-state index < -0.39 is 35.3 Å². The Labute approximate surface area is 90.8 Å². The topological polar surface area (TPSA) is 78.9 Å². The van der Waals surface area contributed by atoms with Crippen LogP contribution in [0.4, 0.5) is 0 Å². The standard InChI is InChI=1S/C10H10O6/c1-14-8(12)10-5-3-2-4(15-5)6(10)7(11)16-9(10)13/h4-6H,2-3H2,1H3/t4-,5+,6+,10+/m1/s1. The number of cyclic esters (lactones) is 2. The third kappa shape index (κ3) is 0.810. The molecule has 3 aliphatic heterocycles. The van der Waals surface area contributed by atoms with Crippen LogP contribution in [0.1, 0.15) is 12.8 Å². The largest absolute Gasteiger partial charge is 0.468 e. The predicted octanol–water partition coefficient (Wildman–Crippen LogP) is -0.593. The summed E-state index contributed by atoms with van der Waals surface area (Å²) in [6.45, 7) is 0. The minimum atomic E-state index is -1.53. The zero-order valence-electron chi connectivity index (χ0n) is 8.60. The molecule has 3 rings (SSSR count). The van der Waals surface area contributed by atoms with Crippen LogP contribution in [0.3, 0.4) is 0 Å². The van der Waals surface area contributed by atoms with E-state index in [1.54, 1.807) is 0 Å². The second kappa shape index (κ2) is 2.82. The Morgan fingerprint density at radius 3 is 2.88 bits per heavy atom. The molecule has 3 saturated heterocycles. The molecule has 3 aliphatic rings. The van der Waals surface area contributed by atoms with Crippen LogP contribution >= 0.6 is 0 Å². The van der Waals surface area contributed by atoms with Crippen molar-refractivity contribution in [3.05, 3.63) is 0 Å². The zero-order valence-corrected chi connectivity index (χ0v) is 8.60. The summed E-state index contributed by atoms with van der Waals surface area (Å²) < 4.78 is 14.7. The minimum absolute atomic E-state index is 0.386. The molecule has 3 fully saturated rings. The Kier molecular flexibility index (Phi) is 1.72. The molecule has 6 heteroatoms. The molecule has 86 valence electrons. The second-order valence-corrected chi connectivity index (χ2v) is 4.29. The number of ether oxygens (including phenoxy) is 3. The molecular weight excluding hydrogens is 216 g/mol. The molecule has 0 unspecified atom stereocenters. The molecule has 3 heterocycles. The van der Waals surface area contributed by atoms with Gasteiger partial charge in [0.1, 0.15) is 5.92 Å². The number of hydrogen-bond donors (Lipinski definition) is 0. The van der Waals surface area contributed by atoms with Gasteiger partial charge in [0.15, 0.2) is 0 Å². The van der Waals surface area contributed by atoms with Crippen molar-refractivity contribution in [2.75, 3.05) is 7.11 Å². The highest BCUT2D eigenvalue weighted by atomic mass is 16.6. The van der Waals surface area contributed by atoms with Crippen LogP contribution in [0.5, 0.6) is 0 Å². The number of hydrogen-bond acceptors (Lipinski definition) is 6. The molecule has 0 aromatic heterocycles. The lowest BCUT2D eigenvalue weighted by Crippen LogP contribution is -2.50. The van der Waals surface area contributed by atoms with Crippen molar-refractivity contribution in [2.24, 2.45) is 11.3 Å². The van der Waals surface area contributed by atoms with E-state index in [9.17, 15) is 14.4 Å². The van der Waals surface area contributed by atoms with Crippen LogP contribution in [-0.4, -0.2) is 37.2 Å². The summed E-state index contributed by atoms with van der Waals surface area (Å²) in [4.78, 5) is 35.1. The van der Waals surface area contributed by atoms with Gasteiger partial charge in [0.2, 0.25) is 5.41 Å². The highest BCUT2D eigenvalue weighted by Gasteiger charge is 2.76. The molecule has 0 aromatic carbocycles. The molecule has 16 heavy (non-hydrogen) atoms. The second-order valence-electron chi connectivity index (χ2n) is 4.29. The molecular formula is C10H10O6. The number of esters is 3. The van der Waals surface area contributed by atoms with Crippen molar-refractivity contribution >= 4 is 17.9 Å². The normalized spacial score (nSPS) is 44.4. The summed E-state index contributed by atoms with van der Waals surface area (Å²) in [5.41, 5.74) is -1.53. The molecule has 0 spiro atoms. The SMILES string of the molecule is COC(=O)[C@@]12C(=O)OC(=O)[C@@H]1[C@H]1CC[C@@H]2O1. The maximum absolute atomic E-state index is 11.8. The first-order chi connectivity index (χ1) is 7.62. The van der Waals surface area contributed by atoms with E-state index in [-0.39, 0.29) is 6.10 Å². The van der Waals surface area contributed by atoms with E-state index in [0.717, 1.165) is 0 Å². The average molecular weight is 226 g/mol. The summed E-state index contributed by atoms with van der Waals surface area (Å²) in [7, 11) is 1.19. The van der Waals surface area contributed by atoms with Crippen LogP contribution in [-0.2, 0) is 28.6 Å². The molecule has 0 N–H and O–H groups in total. The Bertz CT molecular complexity index is 402. The van der Waals surface area contributed by atoms with Gasteiger partial charge in [-0.05, 0) is 12.8 Å². The van der Waals surface area contributed by atoms with Gasteiger partial charge in [-0.25, -0.2) is 0 Å². The molecule has 2 bridgehead atoms. The van der Waals surface area contributed by atoms with Gasteiger partial charge in [-0.15, -0.1) is 0 Å². The lowest BCUT2D eigenvalue weighted by Gasteiger charge is -2.27. The number of carbonyl (C=O) groups excluding carboxylic acids is 3. The first kappa shape index (κ1) is 9.77. The third-order valence-electron chi connectivity index (χ3n) is 3.73. The van der Waals surface area contributed by atoms with E-state index in [0.29, 0.717) is 12.8 Å². The predicted molar refractivity (Wildman–Crippen MR) is 46.9 cm³/mol. The minimum Gasteiger partial charge on any atom is -0.468 e. The molecule has 4 atom stereocenters. The van der Waals surface area contributed by atoms with Crippen molar-refractivity contribution < 1.29 is 28.6 Å². The van der Waals surface area contributed by atoms with Crippen LogP contribution < -0.4 is 0 Å². The summed E-state index contributed by atoms with van der Waals surface area (Å²) in [5.74, 6) is -3.02. The number of carbonyl (C=O) groups is 3. The lowest BCUT2D eigenvalue weighted by atomic mass is 9.67. The lowest BCUT2D eigenvalue weighted by molar-refractivity contribution is -0.168. The molecule has 0 saturated carbocycles. The zero-order chi connectivity index (χ0) is 11.5. The van der Waals surface area contributed by atoms with Crippen LogP contribution in [0.2, 0.25) is 0 Å². The number of rotatable bonds is 1. The fourth-order valence-corrected chi connectivity index (χ4v) is 3.08. The smallest absolute Gasteiger partial charge is 0.334 e. The van der Waals surface area contributed by atoms with Crippen molar-refractivity contribution in [3.63, 3.8) is 0 Å². The fraction of sp³-hybridized carbons (Fsp3) is 0.700. The summed E-state index contributed by atoms with van der Waals surface area (Å²) >= 11 is 0. The molecule has 0 radical (unpaired) electrons. The fourth-order valence-electron chi connectivity index (χ4n) is 3.08. The Morgan fingerprint density at radius 2 is 2.19 bits per heavy atom. The van der Waals surface area contributed by atoms with Crippen LogP contribution in [0.15, 0.2) is 0 Å². The first-order valence-electron chi connectivity index (χ1n) is 5.12. The van der Waals surface area contributed by atoms with Gasteiger partial charge in [0.05, 0.1) is 19.3 Å². The van der Waals surface area contributed by atoms with E-state index in [1.807, 2.05) is 0 Å². The highest BCUT2D eigenvalue weighted by molar-refractivity contribution is 6.13. The van der Waals surface area contributed by atoms with Gasteiger partial charge in [-0.3, -0.25) is 14.4 Å². The summed E-state index contributed by atoms with van der Waals surface area (Å²) in [5, 5.41) is 0. The maximum Gasteiger partial charge on any atom is 0.334 e. The van der Waals surface area contributed by atoms with Crippen molar-refractivity contribution in [1.29, 1.82) is 0 Å². The highest BCUT2D eigenvalue weighted by Crippen LogP contribution is 2.56. The molecule has 0 amide bonds. The van der Waals surface area contributed by atoms with Gasteiger partial charge >= 0.3 is 17.9 Å². The Hall–Kier alpha value is -1.43. The maximum atomic E-state index is 11.8. The monoisotopic (exact) mass is 226 g/mol. The van der Waals surface area contributed by atoms with E-state index in [1.165, 1.54) is 7.11 Å².